The lowest BCUT2D eigenvalue weighted by Gasteiger charge is -2.17. The largest absolute Gasteiger partial charge is 0.399 e. The first-order valence-corrected chi connectivity index (χ1v) is 32.1. The molecule has 0 aliphatic heterocycles. The van der Waals surface area contributed by atoms with E-state index in [2.05, 4.69) is 32.9 Å². The van der Waals surface area contributed by atoms with Crippen LogP contribution in [0.5, 0.6) is 0 Å². The van der Waals surface area contributed by atoms with Crippen molar-refractivity contribution in [3.8, 4) is 0 Å². The van der Waals surface area contributed by atoms with Crippen LogP contribution in [0.3, 0.4) is 0 Å². The average Bonchev–Trinajstić information content (AvgIpc) is 3.33. The second-order valence-electron chi connectivity index (χ2n) is 22.6. The molecular weight excluding hydrogens is 807 g/mol. The van der Waals surface area contributed by atoms with Gasteiger partial charge in [-0.2, -0.15) is 0 Å². The monoisotopic (exact) mass is 934 g/mol. The SMILES string of the molecule is CCCCCCCCCCCCCCCCCCCCc1cc(N)cc(CCCCCCCCCCCCCCCCCCCC)c1CCCCCCCCCCCCCCCCCCCC. The van der Waals surface area contributed by atoms with Crippen LogP contribution in [0.2, 0.25) is 0 Å². The van der Waals surface area contributed by atoms with Gasteiger partial charge in [-0.05, 0) is 67.3 Å². The third-order valence-corrected chi connectivity index (χ3v) is 15.8. The summed E-state index contributed by atoms with van der Waals surface area (Å²) in [4.78, 5) is 0. The molecule has 67 heavy (non-hydrogen) atoms. The van der Waals surface area contributed by atoms with Gasteiger partial charge in [-0.3, -0.25) is 0 Å². The molecule has 2 N–H and O–H groups in total. The number of unbranched alkanes of at least 4 members (excludes halogenated alkanes) is 51. The summed E-state index contributed by atoms with van der Waals surface area (Å²) in [6.45, 7) is 6.95. The molecule has 1 heteroatoms. The van der Waals surface area contributed by atoms with Gasteiger partial charge in [0.1, 0.15) is 0 Å². The van der Waals surface area contributed by atoms with Crippen LogP contribution < -0.4 is 5.73 Å². The maximum Gasteiger partial charge on any atom is 0.0319 e. The first-order valence-electron chi connectivity index (χ1n) is 32.1. The van der Waals surface area contributed by atoms with E-state index in [1.807, 2.05) is 0 Å². The summed E-state index contributed by atoms with van der Waals surface area (Å²) in [5, 5.41) is 0. The average molecular weight is 935 g/mol. The van der Waals surface area contributed by atoms with Crippen molar-refractivity contribution in [3.63, 3.8) is 0 Å². The molecule has 0 bridgehead atoms. The molecule has 0 heterocycles. The van der Waals surface area contributed by atoms with E-state index < -0.39 is 0 Å². The molecule has 0 amide bonds. The van der Waals surface area contributed by atoms with Crippen LogP contribution in [0.1, 0.15) is 384 Å². The second kappa shape index (κ2) is 54.4. The number of benzene rings is 1. The molecule has 1 nitrogen and oxygen atoms in total. The van der Waals surface area contributed by atoms with Crippen LogP contribution in [0.25, 0.3) is 0 Å². The molecular formula is C66H127N. The van der Waals surface area contributed by atoms with Crippen LogP contribution in [0.15, 0.2) is 12.1 Å². The van der Waals surface area contributed by atoms with E-state index in [1.54, 1.807) is 16.7 Å². The van der Waals surface area contributed by atoms with Crippen LogP contribution in [-0.2, 0) is 19.3 Å². The Morgan fingerprint density at radius 2 is 0.358 bits per heavy atom. The zero-order valence-corrected chi connectivity index (χ0v) is 47.0. The van der Waals surface area contributed by atoms with E-state index in [-0.39, 0.29) is 0 Å². The Hall–Kier alpha value is -0.980. The number of nitrogens with two attached hydrogens (primary N) is 1. The van der Waals surface area contributed by atoms with Crippen molar-refractivity contribution in [2.24, 2.45) is 0 Å². The van der Waals surface area contributed by atoms with Gasteiger partial charge in [0, 0.05) is 5.69 Å². The summed E-state index contributed by atoms with van der Waals surface area (Å²) >= 11 is 0. The predicted octanol–water partition coefficient (Wildman–Crippen LogP) is 24.0. The van der Waals surface area contributed by atoms with Crippen LogP contribution in [0.4, 0.5) is 5.69 Å². The van der Waals surface area contributed by atoms with Crippen LogP contribution in [0, 0.1) is 0 Å². The Morgan fingerprint density at radius 1 is 0.209 bits per heavy atom. The van der Waals surface area contributed by atoms with Gasteiger partial charge >= 0.3 is 0 Å². The van der Waals surface area contributed by atoms with Gasteiger partial charge in [-0.25, -0.2) is 0 Å². The predicted molar refractivity (Wildman–Crippen MR) is 308 cm³/mol. The zero-order chi connectivity index (χ0) is 48.0. The number of nitrogen functional groups attached to an aromatic ring is 1. The van der Waals surface area contributed by atoms with Crippen molar-refractivity contribution in [1.29, 1.82) is 0 Å². The Bertz CT molecular complexity index is 1010. The second-order valence-corrected chi connectivity index (χ2v) is 22.6. The maximum absolute atomic E-state index is 6.67. The number of anilines is 1. The molecule has 1 rings (SSSR count). The van der Waals surface area contributed by atoms with Crippen LogP contribution >= 0.6 is 0 Å². The Kier molecular flexibility index (Phi) is 51.9. The number of aryl methyl sites for hydroxylation is 2. The van der Waals surface area contributed by atoms with E-state index in [9.17, 15) is 0 Å². The molecule has 1 aromatic rings. The first-order chi connectivity index (χ1) is 33.2. The molecule has 396 valence electrons. The molecule has 0 aromatic heterocycles. The minimum atomic E-state index is 1.02. The highest BCUT2D eigenvalue weighted by Gasteiger charge is 2.11. The molecule has 0 fully saturated rings. The van der Waals surface area contributed by atoms with E-state index >= 15 is 0 Å². The molecule has 0 unspecified atom stereocenters. The summed E-state index contributed by atoms with van der Waals surface area (Å²) in [7, 11) is 0. The summed E-state index contributed by atoms with van der Waals surface area (Å²) in [5.41, 5.74) is 12.6. The van der Waals surface area contributed by atoms with Gasteiger partial charge in [-0.15, -0.1) is 0 Å². The summed E-state index contributed by atoms with van der Waals surface area (Å²) in [6.07, 6.45) is 81.8. The smallest absolute Gasteiger partial charge is 0.0319 e. The van der Waals surface area contributed by atoms with Gasteiger partial charge in [-0.1, -0.05) is 348 Å². The minimum absolute atomic E-state index is 1.02. The lowest BCUT2D eigenvalue weighted by Crippen LogP contribution is -2.04. The van der Waals surface area contributed by atoms with E-state index in [0.29, 0.717) is 0 Å². The van der Waals surface area contributed by atoms with Crippen molar-refractivity contribution in [1.82, 2.24) is 0 Å². The molecule has 0 aliphatic carbocycles. The highest BCUT2D eigenvalue weighted by Crippen LogP contribution is 2.27. The molecule has 1 aromatic carbocycles. The van der Waals surface area contributed by atoms with Crippen molar-refractivity contribution < 1.29 is 0 Å². The van der Waals surface area contributed by atoms with E-state index in [4.69, 9.17) is 5.73 Å². The Balaban J connectivity index is 2.34. The lowest BCUT2D eigenvalue weighted by atomic mass is 9.89. The zero-order valence-electron chi connectivity index (χ0n) is 47.0. The van der Waals surface area contributed by atoms with Gasteiger partial charge in [0.2, 0.25) is 0 Å². The number of hydrogen-bond acceptors (Lipinski definition) is 1. The fourth-order valence-corrected chi connectivity index (χ4v) is 11.2. The highest BCUT2D eigenvalue weighted by atomic mass is 14.5. The Morgan fingerprint density at radius 3 is 0.537 bits per heavy atom. The van der Waals surface area contributed by atoms with Gasteiger partial charge in [0.15, 0.2) is 0 Å². The number of rotatable bonds is 57. The molecule has 0 saturated carbocycles. The summed E-state index contributed by atoms with van der Waals surface area (Å²) in [6, 6.07) is 4.77. The summed E-state index contributed by atoms with van der Waals surface area (Å²) < 4.78 is 0. The van der Waals surface area contributed by atoms with Gasteiger partial charge in [0.05, 0.1) is 0 Å². The van der Waals surface area contributed by atoms with Gasteiger partial charge in [0.25, 0.3) is 0 Å². The molecule has 0 radical (unpaired) electrons. The third kappa shape index (κ3) is 45.9. The Labute approximate surface area is 425 Å². The fourth-order valence-electron chi connectivity index (χ4n) is 11.2. The normalized spacial score (nSPS) is 11.7. The highest BCUT2D eigenvalue weighted by molar-refractivity contribution is 5.50. The van der Waals surface area contributed by atoms with Crippen LogP contribution in [-0.4, -0.2) is 0 Å². The van der Waals surface area contributed by atoms with Crippen molar-refractivity contribution >= 4 is 5.69 Å². The lowest BCUT2D eigenvalue weighted by molar-refractivity contribution is 0.523. The third-order valence-electron chi connectivity index (χ3n) is 15.8. The fraction of sp³-hybridized carbons (Fsp3) is 0.909. The standard InChI is InChI=1S/C66H127N/c1-4-7-10-13-16-19-22-25-28-31-34-37-40-43-46-49-52-55-58-63-61-65(67)62-64(59-56-53-50-47-44-41-38-35-32-29-26-23-20-17-14-11-8-5-2)66(63)60-57-54-51-48-45-42-39-36-33-30-27-24-21-18-15-12-9-6-3/h61-62H,4-60,67H2,1-3H3. The maximum atomic E-state index is 6.67. The number of hydrogen-bond donors (Lipinski definition) is 1. The van der Waals surface area contributed by atoms with Crippen molar-refractivity contribution in [2.45, 2.75) is 387 Å². The molecule has 0 aliphatic rings. The first kappa shape index (κ1) is 64.0. The molecule has 0 saturated heterocycles. The quantitative estimate of drug-likeness (QED) is 0.0511. The summed E-state index contributed by atoms with van der Waals surface area (Å²) in [5.74, 6) is 0. The molecule has 0 atom stereocenters. The van der Waals surface area contributed by atoms with E-state index in [0.717, 1.165) is 5.69 Å². The van der Waals surface area contributed by atoms with Crippen molar-refractivity contribution in [3.05, 3.63) is 28.8 Å². The van der Waals surface area contributed by atoms with Gasteiger partial charge < -0.3 is 5.73 Å². The minimum Gasteiger partial charge on any atom is -0.399 e. The van der Waals surface area contributed by atoms with E-state index in [1.165, 1.54) is 366 Å². The molecule has 0 spiro atoms. The topological polar surface area (TPSA) is 26.0 Å². The van der Waals surface area contributed by atoms with Crippen molar-refractivity contribution in [2.75, 3.05) is 5.73 Å².